The predicted octanol–water partition coefficient (Wildman–Crippen LogP) is 3.48. The molecule has 0 spiro atoms. The SMILES string of the molecule is CCOc1cccc(C(C)NC(=O)c2ccc3c(=O)[nH]c(=S)[nH]c3c2)c1. The Morgan fingerprint density at radius 2 is 2.04 bits per heavy atom. The minimum absolute atomic E-state index is 0.198. The fraction of sp³-hybridized carbons (Fsp3) is 0.211. The van der Waals surface area contributed by atoms with Crippen LogP contribution in [0.2, 0.25) is 0 Å². The van der Waals surface area contributed by atoms with E-state index in [9.17, 15) is 9.59 Å². The molecule has 0 aliphatic heterocycles. The van der Waals surface area contributed by atoms with E-state index < -0.39 is 0 Å². The third kappa shape index (κ3) is 3.83. The van der Waals surface area contributed by atoms with E-state index in [0.717, 1.165) is 11.3 Å². The van der Waals surface area contributed by atoms with Gasteiger partial charge in [0.15, 0.2) is 4.77 Å². The number of carbonyl (C=O) groups is 1. The van der Waals surface area contributed by atoms with Gasteiger partial charge in [0, 0.05) is 5.56 Å². The number of fused-ring (bicyclic) bond motifs is 1. The van der Waals surface area contributed by atoms with Gasteiger partial charge in [-0.05, 0) is 62.0 Å². The highest BCUT2D eigenvalue weighted by Gasteiger charge is 2.13. The van der Waals surface area contributed by atoms with Crippen molar-refractivity contribution in [1.82, 2.24) is 15.3 Å². The first-order chi connectivity index (χ1) is 12.5. The number of rotatable bonds is 5. The van der Waals surface area contributed by atoms with Crippen LogP contribution in [0.4, 0.5) is 0 Å². The van der Waals surface area contributed by atoms with Crippen LogP contribution in [0.1, 0.15) is 35.8 Å². The molecule has 134 valence electrons. The zero-order chi connectivity index (χ0) is 18.7. The van der Waals surface area contributed by atoms with Crippen LogP contribution < -0.4 is 15.6 Å². The van der Waals surface area contributed by atoms with Crippen LogP contribution >= 0.6 is 12.2 Å². The smallest absolute Gasteiger partial charge is 0.259 e. The van der Waals surface area contributed by atoms with E-state index in [0.29, 0.717) is 23.1 Å². The molecule has 1 unspecified atom stereocenters. The van der Waals surface area contributed by atoms with Crippen molar-refractivity contribution in [1.29, 1.82) is 0 Å². The molecule has 2 aromatic carbocycles. The van der Waals surface area contributed by atoms with Gasteiger partial charge in [-0.15, -0.1) is 0 Å². The lowest BCUT2D eigenvalue weighted by Gasteiger charge is -2.15. The predicted molar refractivity (Wildman–Crippen MR) is 103 cm³/mol. The molecule has 0 radical (unpaired) electrons. The van der Waals surface area contributed by atoms with Crippen LogP contribution in [0.3, 0.4) is 0 Å². The molecule has 0 bridgehead atoms. The summed E-state index contributed by atoms with van der Waals surface area (Å²) >= 11 is 4.98. The zero-order valence-electron chi connectivity index (χ0n) is 14.5. The number of carbonyl (C=O) groups excluding carboxylic acids is 1. The highest BCUT2D eigenvalue weighted by atomic mass is 32.1. The van der Waals surface area contributed by atoms with Crippen LogP contribution in [0.25, 0.3) is 10.9 Å². The summed E-state index contributed by atoms with van der Waals surface area (Å²) in [5.74, 6) is 0.532. The van der Waals surface area contributed by atoms with Crippen molar-refractivity contribution in [3.05, 3.63) is 68.7 Å². The van der Waals surface area contributed by atoms with Crippen molar-refractivity contribution in [2.75, 3.05) is 6.61 Å². The van der Waals surface area contributed by atoms with Crippen molar-refractivity contribution < 1.29 is 9.53 Å². The van der Waals surface area contributed by atoms with E-state index >= 15 is 0 Å². The van der Waals surface area contributed by atoms with E-state index in [-0.39, 0.29) is 22.3 Å². The second-order valence-corrected chi connectivity index (χ2v) is 6.28. The lowest BCUT2D eigenvalue weighted by atomic mass is 10.1. The lowest BCUT2D eigenvalue weighted by Crippen LogP contribution is -2.26. The number of nitrogens with one attached hydrogen (secondary N) is 3. The first-order valence-electron chi connectivity index (χ1n) is 8.28. The van der Waals surface area contributed by atoms with E-state index in [1.165, 1.54) is 0 Å². The normalized spacial score (nSPS) is 11.9. The summed E-state index contributed by atoms with van der Waals surface area (Å²) in [6, 6.07) is 12.3. The molecule has 1 atom stereocenters. The second kappa shape index (κ2) is 7.53. The Kier molecular flexibility index (Phi) is 5.18. The molecule has 3 aromatic rings. The minimum atomic E-state index is -0.281. The number of aromatic amines is 2. The largest absolute Gasteiger partial charge is 0.494 e. The van der Waals surface area contributed by atoms with Gasteiger partial charge in [-0.2, -0.15) is 0 Å². The molecule has 1 amide bonds. The molecule has 26 heavy (non-hydrogen) atoms. The Bertz CT molecular complexity index is 1070. The van der Waals surface area contributed by atoms with Crippen LogP contribution in [-0.4, -0.2) is 22.5 Å². The van der Waals surface area contributed by atoms with E-state index in [2.05, 4.69) is 15.3 Å². The standard InChI is InChI=1S/C19H19N3O3S/c1-3-25-14-6-4-5-12(9-14)11(2)20-17(23)13-7-8-15-16(10-13)21-19(26)22-18(15)24/h4-11H,3H2,1-2H3,(H,20,23)(H2,21,22,24,26). The average molecular weight is 369 g/mol. The molecule has 7 heteroatoms. The van der Waals surface area contributed by atoms with E-state index in [1.54, 1.807) is 18.2 Å². The lowest BCUT2D eigenvalue weighted by molar-refractivity contribution is 0.0940. The second-order valence-electron chi connectivity index (χ2n) is 5.87. The molecular formula is C19H19N3O3S. The zero-order valence-corrected chi connectivity index (χ0v) is 15.3. The quantitative estimate of drug-likeness (QED) is 0.601. The van der Waals surface area contributed by atoms with Gasteiger partial charge in [0.25, 0.3) is 11.5 Å². The summed E-state index contributed by atoms with van der Waals surface area (Å²) in [6.07, 6.45) is 0. The van der Waals surface area contributed by atoms with Gasteiger partial charge in [-0.25, -0.2) is 0 Å². The summed E-state index contributed by atoms with van der Waals surface area (Å²) in [4.78, 5) is 29.9. The third-order valence-electron chi connectivity index (χ3n) is 4.02. The number of hydrogen-bond acceptors (Lipinski definition) is 4. The van der Waals surface area contributed by atoms with Crippen LogP contribution in [0.5, 0.6) is 5.75 Å². The maximum atomic E-state index is 12.6. The first-order valence-corrected chi connectivity index (χ1v) is 8.68. The highest BCUT2D eigenvalue weighted by molar-refractivity contribution is 7.71. The maximum absolute atomic E-state index is 12.6. The number of hydrogen-bond donors (Lipinski definition) is 3. The van der Waals surface area contributed by atoms with Crippen molar-refractivity contribution in [3.8, 4) is 5.75 Å². The minimum Gasteiger partial charge on any atom is -0.494 e. The maximum Gasteiger partial charge on any atom is 0.259 e. The number of H-pyrrole nitrogens is 2. The van der Waals surface area contributed by atoms with Crippen molar-refractivity contribution in [2.45, 2.75) is 19.9 Å². The van der Waals surface area contributed by atoms with Crippen LogP contribution in [0.15, 0.2) is 47.3 Å². The molecule has 3 rings (SSSR count). The number of amides is 1. The highest BCUT2D eigenvalue weighted by Crippen LogP contribution is 2.20. The van der Waals surface area contributed by atoms with Crippen LogP contribution in [0, 0.1) is 4.77 Å². The molecule has 0 saturated heterocycles. The number of benzene rings is 2. The molecule has 0 aliphatic carbocycles. The fourth-order valence-electron chi connectivity index (χ4n) is 2.71. The Labute approximate surface area is 155 Å². The molecule has 0 fully saturated rings. The molecule has 6 nitrogen and oxygen atoms in total. The van der Waals surface area contributed by atoms with Crippen LogP contribution in [-0.2, 0) is 0 Å². The molecular weight excluding hydrogens is 350 g/mol. The molecule has 1 heterocycles. The van der Waals surface area contributed by atoms with Crippen molar-refractivity contribution in [2.24, 2.45) is 0 Å². The van der Waals surface area contributed by atoms with Gasteiger partial charge in [-0.1, -0.05) is 12.1 Å². The molecule has 0 aliphatic rings. The fourth-order valence-corrected chi connectivity index (χ4v) is 2.92. The molecule has 1 aromatic heterocycles. The third-order valence-corrected chi connectivity index (χ3v) is 4.22. The first kappa shape index (κ1) is 17.9. The molecule has 3 N–H and O–H groups in total. The Hall–Kier alpha value is -2.93. The Morgan fingerprint density at radius 1 is 1.23 bits per heavy atom. The number of ether oxygens (including phenoxy) is 1. The summed E-state index contributed by atoms with van der Waals surface area (Å²) in [7, 11) is 0. The Balaban J connectivity index is 1.83. The van der Waals surface area contributed by atoms with Crippen molar-refractivity contribution in [3.63, 3.8) is 0 Å². The van der Waals surface area contributed by atoms with Gasteiger partial charge in [0.1, 0.15) is 5.75 Å². The summed E-state index contributed by atoms with van der Waals surface area (Å²) in [5.41, 5.74) is 1.64. The van der Waals surface area contributed by atoms with Gasteiger partial charge < -0.3 is 15.0 Å². The van der Waals surface area contributed by atoms with Crippen molar-refractivity contribution >= 4 is 29.0 Å². The monoisotopic (exact) mass is 369 g/mol. The van der Waals surface area contributed by atoms with Gasteiger partial charge >= 0.3 is 0 Å². The number of aromatic nitrogens is 2. The average Bonchev–Trinajstić information content (AvgIpc) is 2.61. The van der Waals surface area contributed by atoms with Gasteiger partial charge in [0.2, 0.25) is 0 Å². The van der Waals surface area contributed by atoms with E-state index in [1.807, 2.05) is 38.1 Å². The van der Waals surface area contributed by atoms with E-state index in [4.69, 9.17) is 17.0 Å². The summed E-state index contributed by atoms with van der Waals surface area (Å²) in [5, 5.41) is 3.41. The molecule has 0 saturated carbocycles. The topological polar surface area (TPSA) is 87.0 Å². The van der Waals surface area contributed by atoms with Gasteiger partial charge in [0.05, 0.1) is 23.6 Å². The summed E-state index contributed by atoms with van der Waals surface area (Å²) in [6.45, 7) is 4.41. The summed E-state index contributed by atoms with van der Waals surface area (Å²) < 4.78 is 5.72. The Morgan fingerprint density at radius 3 is 2.81 bits per heavy atom. The van der Waals surface area contributed by atoms with Gasteiger partial charge in [-0.3, -0.25) is 14.6 Å².